The van der Waals surface area contributed by atoms with Crippen LogP contribution >= 0.6 is 0 Å². The second kappa shape index (κ2) is 5.21. The lowest BCUT2D eigenvalue weighted by Gasteiger charge is -2.32. The van der Waals surface area contributed by atoms with E-state index in [1.807, 2.05) is 0 Å². The number of hydrogen-bond acceptors (Lipinski definition) is 1. The molecule has 0 saturated heterocycles. The fraction of sp³-hybridized carbons (Fsp3) is 0.571. The first-order chi connectivity index (χ1) is 8.48. The summed E-state index contributed by atoms with van der Waals surface area (Å²) in [5, 5.41) is 9.17. The van der Waals surface area contributed by atoms with Gasteiger partial charge in [0.05, 0.1) is 5.92 Å². The van der Waals surface area contributed by atoms with Gasteiger partial charge in [-0.2, -0.15) is 13.2 Å². The van der Waals surface area contributed by atoms with Gasteiger partial charge in [-0.25, -0.2) is 0 Å². The molecule has 0 aromatic heterocycles. The molecule has 0 heterocycles. The van der Waals surface area contributed by atoms with Crippen LogP contribution in [0.1, 0.15) is 43.6 Å². The summed E-state index contributed by atoms with van der Waals surface area (Å²) in [6.45, 7) is 0. The predicted molar refractivity (Wildman–Crippen MR) is 63.5 cm³/mol. The molecule has 1 aromatic rings. The average Bonchev–Trinajstić information content (AvgIpc) is 2.32. The molecule has 100 valence electrons. The standard InChI is InChI=1S/C14H17F3O/c15-14(16,17)13(10-4-2-1-3-5-10)11-6-8-12(18)9-7-11/h6-10,13,18H,1-5H2. The van der Waals surface area contributed by atoms with E-state index in [4.69, 9.17) is 0 Å². The fourth-order valence-corrected chi connectivity index (χ4v) is 2.88. The van der Waals surface area contributed by atoms with E-state index in [0.717, 1.165) is 19.3 Å². The summed E-state index contributed by atoms with van der Waals surface area (Å²) in [5.41, 5.74) is 0.271. The van der Waals surface area contributed by atoms with Gasteiger partial charge in [0, 0.05) is 0 Å². The lowest BCUT2D eigenvalue weighted by atomic mass is 9.76. The topological polar surface area (TPSA) is 20.2 Å². The van der Waals surface area contributed by atoms with Gasteiger partial charge >= 0.3 is 6.18 Å². The van der Waals surface area contributed by atoms with E-state index in [0.29, 0.717) is 12.8 Å². The Hall–Kier alpha value is -1.19. The Morgan fingerprint density at radius 1 is 1.00 bits per heavy atom. The van der Waals surface area contributed by atoms with E-state index in [1.165, 1.54) is 24.3 Å². The van der Waals surface area contributed by atoms with Gasteiger partial charge in [-0.05, 0) is 36.5 Å². The van der Waals surface area contributed by atoms with Gasteiger partial charge in [0.1, 0.15) is 5.75 Å². The van der Waals surface area contributed by atoms with Crippen molar-refractivity contribution < 1.29 is 18.3 Å². The molecule has 4 heteroatoms. The largest absolute Gasteiger partial charge is 0.508 e. The molecule has 1 N–H and O–H groups in total. The predicted octanol–water partition coefficient (Wildman–Crippen LogP) is 4.62. The van der Waals surface area contributed by atoms with Crippen molar-refractivity contribution in [1.29, 1.82) is 0 Å². The SMILES string of the molecule is Oc1ccc(C(C2CCCCC2)C(F)(F)F)cc1. The number of alkyl halides is 3. The monoisotopic (exact) mass is 258 g/mol. The van der Waals surface area contributed by atoms with Crippen LogP contribution in [0.5, 0.6) is 5.75 Å². The summed E-state index contributed by atoms with van der Waals surface area (Å²) in [7, 11) is 0. The zero-order valence-electron chi connectivity index (χ0n) is 10.1. The van der Waals surface area contributed by atoms with Gasteiger partial charge in [0.15, 0.2) is 0 Å². The van der Waals surface area contributed by atoms with Crippen molar-refractivity contribution in [3.63, 3.8) is 0 Å². The van der Waals surface area contributed by atoms with Gasteiger partial charge in [-0.15, -0.1) is 0 Å². The zero-order chi connectivity index (χ0) is 13.2. The zero-order valence-corrected chi connectivity index (χ0v) is 10.1. The van der Waals surface area contributed by atoms with Crippen molar-refractivity contribution in [2.45, 2.75) is 44.2 Å². The molecule has 18 heavy (non-hydrogen) atoms. The Labute approximate surface area is 105 Å². The molecule has 0 amide bonds. The first-order valence-electron chi connectivity index (χ1n) is 6.34. The molecule has 2 rings (SSSR count). The van der Waals surface area contributed by atoms with Crippen molar-refractivity contribution in [2.75, 3.05) is 0 Å². The molecule has 0 bridgehead atoms. The lowest BCUT2D eigenvalue weighted by Crippen LogP contribution is -2.29. The minimum Gasteiger partial charge on any atom is -0.508 e. The third kappa shape index (κ3) is 2.98. The Morgan fingerprint density at radius 2 is 1.56 bits per heavy atom. The normalized spacial score (nSPS) is 19.7. The molecule has 0 radical (unpaired) electrons. The van der Waals surface area contributed by atoms with Gasteiger partial charge in [-0.3, -0.25) is 0 Å². The van der Waals surface area contributed by atoms with Crippen molar-refractivity contribution in [2.24, 2.45) is 5.92 Å². The van der Waals surface area contributed by atoms with Crippen LogP contribution in [0.2, 0.25) is 0 Å². The van der Waals surface area contributed by atoms with Gasteiger partial charge in [-0.1, -0.05) is 31.4 Å². The van der Waals surface area contributed by atoms with E-state index in [9.17, 15) is 18.3 Å². The Morgan fingerprint density at radius 3 is 2.06 bits per heavy atom. The third-order valence-electron chi connectivity index (χ3n) is 3.73. The molecule has 1 aliphatic rings. The first kappa shape index (κ1) is 13.2. The number of halogens is 3. The number of benzene rings is 1. The highest BCUT2D eigenvalue weighted by molar-refractivity contribution is 5.29. The Balaban J connectivity index is 2.27. The summed E-state index contributed by atoms with van der Waals surface area (Å²) in [4.78, 5) is 0. The Kier molecular flexibility index (Phi) is 3.83. The number of phenolic OH excluding ortho intramolecular Hbond substituents is 1. The van der Waals surface area contributed by atoms with Crippen LogP contribution in [0.25, 0.3) is 0 Å². The number of aromatic hydroxyl groups is 1. The van der Waals surface area contributed by atoms with E-state index in [-0.39, 0.29) is 17.2 Å². The highest BCUT2D eigenvalue weighted by Gasteiger charge is 2.45. The number of hydrogen-bond donors (Lipinski definition) is 1. The smallest absolute Gasteiger partial charge is 0.396 e. The summed E-state index contributed by atoms with van der Waals surface area (Å²) in [6, 6.07) is 5.44. The van der Waals surface area contributed by atoms with E-state index in [2.05, 4.69) is 0 Å². The van der Waals surface area contributed by atoms with E-state index in [1.54, 1.807) is 0 Å². The van der Waals surface area contributed by atoms with Crippen LogP contribution < -0.4 is 0 Å². The summed E-state index contributed by atoms with van der Waals surface area (Å²) >= 11 is 0. The quantitative estimate of drug-likeness (QED) is 0.820. The van der Waals surface area contributed by atoms with Crippen LogP contribution in [0.15, 0.2) is 24.3 Å². The molecule has 1 atom stereocenters. The minimum atomic E-state index is -4.21. The van der Waals surface area contributed by atoms with E-state index >= 15 is 0 Å². The lowest BCUT2D eigenvalue weighted by molar-refractivity contribution is -0.164. The molecule has 1 unspecified atom stereocenters. The van der Waals surface area contributed by atoms with Crippen molar-refractivity contribution in [1.82, 2.24) is 0 Å². The molecule has 1 saturated carbocycles. The highest BCUT2D eigenvalue weighted by atomic mass is 19.4. The average molecular weight is 258 g/mol. The second-order valence-electron chi connectivity index (χ2n) is 5.01. The van der Waals surface area contributed by atoms with Crippen molar-refractivity contribution >= 4 is 0 Å². The summed E-state index contributed by atoms with van der Waals surface area (Å²) in [6.07, 6.45) is -0.115. The summed E-state index contributed by atoms with van der Waals surface area (Å²) < 4.78 is 39.7. The van der Waals surface area contributed by atoms with Crippen LogP contribution in [-0.4, -0.2) is 11.3 Å². The molecule has 0 spiro atoms. The molecule has 1 aromatic carbocycles. The van der Waals surface area contributed by atoms with Crippen molar-refractivity contribution in [3.05, 3.63) is 29.8 Å². The van der Waals surface area contributed by atoms with Crippen LogP contribution in [0.4, 0.5) is 13.2 Å². The van der Waals surface area contributed by atoms with Gasteiger partial charge in [0.25, 0.3) is 0 Å². The maximum absolute atomic E-state index is 13.2. The summed E-state index contributed by atoms with van der Waals surface area (Å²) in [5.74, 6) is -1.70. The molecule has 1 nitrogen and oxygen atoms in total. The number of phenols is 1. The maximum Gasteiger partial charge on any atom is 0.396 e. The highest BCUT2D eigenvalue weighted by Crippen LogP contribution is 2.46. The third-order valence-corrected chi connectivity index (χ3v) is 3.73. The second-order valence-corrected chi connectivity index (χ2v) is 5.01. The number of rotatable bonds is 2. The van der Waals surface area contributed by atoms with Gasteiger partial charge < -0.3 is 5.11 Å². The molecule has 0 aliphatic heterocycles. The minimum absolute atomic E-state index is 0.00307. The fourth-order valence-electron chi connectivity index (χ4n) is 2.88. The van der Waals surface area contributed by atoms with Crippen molar-refractivity contribution in [3.8, 4) is 5.75 Å². The van der Waals surface area contributed by atoms with Crippen LogP contribution in [0.3, 0.4) is 0 Å². The van der Waals surface area contributed by atoms with Crippen LogP contribution in [0, 0.1) is 5.92 Å². The molecular weight excluding hydrogens is 241 g/mol. The Bertz CT molecular complexity index is 377. The first-order valence-corrected chi connectivity index (χ1v) is 6.34. The van der Waals surface area contributed by atoms with Gasteiger partial charge in [0.2, 0.25) is 0 Å². The van der Waals surface area contributed by atoms with Crippen LogP contribution in [-0.2, 0) is 0 Å². The van der Waals surface area contributed by atoms with E-state index < -0.39 is 12.1 Å². The molecule has 1 aliphatic carbocycles. The maximum atomic E-state index is 13.2. The molecular formula is C14H17F3O. The molecule has 1 fully saturated rings.